The Hall–Kier alpha value is -2.60. The van der Waals surface area contributed by atoms with Gasteiger partial charge >= 0.3 is 0 Å². The summed E-state index contributed by atoms with van der Waals surface area (Å²) in [7, 11) is 1.50. The van der Waals surface area contributed by atoms with Crippen LogP contribution in [0.15, 0.2) is 47.6 Å². The van der Waals surface area contributed by atoms with Crippen LogP contribution in [0, 0.1) is 6.92 Å². The molecule has 0 fully saturated rings. The van der Waals surface area contributed by atoms with Crippen LogP contribution in [-0.4, -0.2) is 23.5 Å². The number of anilines is 1. The topological polar surface area (TPSA) is 65.9 Å². The number of thiocarbonyl (C=S) groups is 1. The van der Waals surface area contributed by atoms with Gasteiger partial charge in [-0.1, -0.05) is 18.2 Å². The molecule has 0 heterocycles. The molecule has 5 nitrogen and oxygen atoms in total. The standard InChI is InChI=1S/C16H17N3O2S/c1-11-5-3-7-13(9-11)18-16(22)19-17-10-12-6-4-8-14(21-2)15(12)20/h3-10,20H,1-2H3,(H2,18,19,22)/b17-10-. The lowest BCUT2D eigenvalue weighted by Crippen LogP contribution is -2.23. The zero-order valence-electron chi connectivity index (χ0n) is 12.3. The molecular weight excluding hydrogens is 298 g/mol. The fraction of sp³-hybridized carbons (Fsp3) is 0.125. The number of ether oxygens (including phenoxy) is 1. The molecule has 6 heteroatoms. The number of nitrogens with one attached hydrogen (secondary N) is 2. The second kappa shape index (κ2) is 7.42. The van der Waals surface area contributed by atoms with Crippen LogP contribution in [0.5, 0.6) is 11.5 Å². The van der Waals surface area contributed by atoms with E-state index in [9.17, 15) is 5.11 Å². The lowest BCUT2D eigenvalue weighted by molar-refractivity contribution is 0.373. The van der Waals surface area contributed by atoms with Crippen molar-refractivity contribution < 1.29 is 9.84 Å². The summed E-state index contributed by atoms with van der Waals surface area (Å²) in [5.74, 6) is 0.428. The van der Waals surface area contributed by atoms with Crippen LogP contribution in [-0.2, 0) is 0 Å². The van der Waals surface area contributed by atoms with E-state index in [2.05, 4.69) is 15.8 Å². The normalized spacial score (nSPS) is 10.5. The molecule has 3 N–H and O–H groups in total. The van der Waals surface area contributed by atoms with Crippen LogP contribution in [0.2, 0.25) is 0 Å². The van der Waals surface area contributed by atoms with E-state index >= 15 is 0 Å². The highest BCUT2D eigenvalue weighted by molar-refractivity contribution is 7.80. The first kappa shape index (κ1) is 15.8. The minimum Gasteiger partial charge on any atom is -0.504 e. The van der Waals surface area contributed by atoms with Gasteiger partial charge in [0, 0.05) is 11.3 Å². The Labute approximate surface area is 134 Å². The molecule has 2 aromatic rings. The number of aryl methyl sites for hydroxylation is 1. The second-order valence-corrected chi connectivity index (χ2v) is 5.00. The molecule has 0 saturated heterocycles. The van der Waals surface area contributed by atoms with Crippen LogP contribution in [0.4, 0.5) is 5.69 Å². The molecule has 22 heavy (non-hydrogen) atoms. The Balaban J connectivity index is 1.96. The highest BCUT2D eigenvalue weighted by Crippen LogP contribution is 2.27. The third-order valence-electron chi connectivity index (χ3n) is 2.90. The number of para-hydroxylation sites is 1. The van der Waals surface area contributed by atoms with E-state index in [1.165, 1.54) is 13.3 Å². The van der Waals surface area contributed by atoms with Crippen molar-refractivity contribution in [2.45, 2.75) is 6.92 Å². The highest BCUT2D eigenvalue weighted by atomic mass is 32.1. The summed E-state index contributed by atoms with van der Waals surface area (Å²) in [6, 6.07) is 13.0. The van der Waals surface area contributed by atoms with Crippen LogP contribution >= 0.6 is 12.2 Å². The van der Waals surface area contributed by atoms with Gasteiger partial charge in [0.15, 0.2) is 16.6 Å². The summed E-state index contributed by atoms with van der Waals surface area (Å²) in [5.41, 5.74) is 5.26. The number of rotatable bonds is 4. The molecule has 0 atom stereocenters. The average Bonchev–Trinajstić information content (AvgIpc) is 2.49. The molecule has 0 aliphatic heterocycles. The molecule has 0 bridgehead atoms. The first-order chi connectivity index (χ1) is 10.6. The van der Waals surface area contributed by atoms with Gasteiger partial charge in [0.25, 0.3) is 0 Å². The monoisotopic (exact) mass is 315 g/mol. The van der Waals surface area contributed by atoms with Crippen molar-refractivity contribution in [2.24, 2.45) is 5.10 Å². The lowest BCUT2D eigenvalue weighted by atomic mass is 10.2. The first-order valence-electron chi connectivity index (χ1n) is 6.63. The summed E-state index contributed by atoms with van der Waals surface area (Å²) < 4.78 is 5.03. The Bertz CT molecular complexity index is 702. The van der Waals surface area contributed by atoms with Crippen LogP contribution < -0.4 is 15.5 Å². The molecule has 0 spiro atoms. The third kappa shape index (κ3) is 4.20. The number of hydrogen-bond acceptors (Lipinski definition) is 4. The number of benzene rings is 2. The molecule has 0 aliphatic rings. The van der Waals surface area contributed by atoms with E-state index in [-0.39, 0.29) is 5.75 Å². The van der Waals surface area contributed by atoms with Gasteiger partial charge in [-0.3, -0.25) is 5.43 Å². The van der Waals surface area contributed by atoms with Crippen molar-refractivity contribution in [2.75, 3.05) is 12.4 Å². The van der Waals surface area contributed by atoms with E-state index in [0.717, 1.165) is 11.3 Å². The van der Waals surface area contributed by atoms with E-state index in [1.54, 1.807) is 18.2 Å². The summed E-state index contributed by atoms with van der Waals surface area (Å²) in [6.45, 7) is 2.01. The van der Waals surface area contributed by atoms with E-state index < -0.39 is 0 Å². The Morgan fingerprint density at radius 1 is 1.27 bits per heavy atom. The fourth-order valence-corrected chi connectivity index (χ4v) is 2.02. The molecular formula is C16H17N3O2S. The van der Waals surface area contributed by atoms with Gasteiger partial charge in [-0.25, -0.2) is 0 Å². The lowest BCUT2D eigenvalue weighted by Gasteiger charge is -2.08. The zero-order valence-corrected chi connectivity index (χ0v) is 13.1. The van der Waals surface area contributed by atoms with Crippen molar-refractivity contribution >= 4 is 29.2 Å². The van der Waals surface area contributed by atoms with Gasteiger partial charge in [0.2, 0.25) is 0 Å². The number of hydrazone groups is 1. The van der Waals surface area contributed by atoms with Crippen molar-refractivity contribution in [3.8, 4) is 11.5 Å². The Kier molecular flexibility index (Phi) is 5.32. The molecule has 0 amide bonds. The van der Waals surface area contributed by atoms with E-state index in [1.807, 2.05) is 31.2 Å². The predicted molar refractivity (Wildman–Crippen MR) is 92.8 cm³/mol. The number of nitrogens with zero attached hydrogens (tertiary/aromatic N) is 1. The maximum absolute atomic E-state index is 9.93. The number of methoxy groups -OCH3 is 1. The van der Waals surface area contributed by atoms with Gasteiger partial charge in [-0.2, -0.15) is 5.10 Å². The maximum Gasteiger partial charge on any atom is 0.191 e. The minimum atomic E-state index is 0.0353. The van der Waals surface area contributed by atoms with Crippen LogP contribution in [0.25, 0.3) is 0 Å². The minimum absolute atomic E-state index is 0.0353. The first-order valence-corrected chi connectivity index (χ1v) is 7.03. The van der Waals surface area contributed by atoms with Crippen molar-refractivity contribution in [3.63, 3.8) is 0 Å². The second-order valence-electron chi connectivity index (χ2n) is 4.59. The Morgan fingerprint density at radius 2 is 2.05 bits per heavy atom. The number of aromatic hydroxyl groups is 1. The average molecular weight is 315 g/mol. The third-order valence-corrected chi connectivity index (χ3v) is 3.09. The quantitative estimate of drug-likeness (QED) is 0.460. The van der Waals surface area contributed by atoms with Crippen molar-refractivity contribution in [3.05, 3.63) is 53.6 Å². The molecule has 0 radical (unpaired) electrons. The summed E-state index contributed by atoms with van der Waals surface area (Å²) in [6.07, 6.45) is 1.47. The summed E-state index contributed by atoms with van der Waals surface area (Å²) in [4.78, 5) is 0. The Morgan fingerprint density at radius 3 is 2.77 bits per heavy atom. The van der Waals surface area contributed by atoms with Gasteiger partial charge in [-0.15, -0.1) is 0 Å². The highest BCUT2D eigenvalue weighted by Gasteiger charge is 2.04. The van der Waals surface area contributed by atoms with E-state index in [4.69, 9.17) is 17.0 Å². The predicted octanol–water partition coefficient (Wildman–Crippen LogP) is 3.03. The summed E-state index contributed by atoms with van der Waals surface area (Å²) >= 11 is 5.15. The van der Waals surface area contributed by atoms with Crippen molar-refractivity contribution in [1.82, 2.24) is 5.43 Å². The fourth-order valence-electron chi connectivity index (χ4n) is 1.85. The van der Waals surface area contributed by atoms with Crippen LogP contribution in [0.1, 0.15) is 11.1 Å². The maximum atomic E-state index is 9.93. The molecule has 2 rings (SSSR count). The molecule has 0 aromatic heterocycles. The van der Waals surface area contributed by atoms with Gasteiger partial charge in [-0.05, 0) is 49.0 Å². The van der Waals surface area contributed by atoms with Gasteiger partial charge in [0.1, 0.15) is 0 Å². The largest absolute Gasteiger partial charge is 0.504 e. The number of hydrogen-bond donors (Lipinski definition) is 3. The van der Waals surface area contributed by atoms with Crippen LogP contribution in [0.3, 0.4) is 0 Å². The number of phenols is 1. The zero-order chi connectivity index (χ0) is 15.9. The molecule has 114 valence electrons. The SMILES string of the molecule is COc1cccc(/C=N\NC(=S)Nc2cccc(C)c2)c1O. The molecule has 0 saturated carbocycles. The van der Waals surface area contributed by atoms with Gasteiger partial charge in [0.05, 0.1) is 13.3 Å². The number of phenolic OH excluding ortho intramolecular Hbond substituents is 1. The summed E-state index contributed by atoms with van der Waals surface area (Å²) in [5, 5.41) is 17.3. The smallest absolute Gasteiger partial charge is 0.191 e. The molecule has 0 unspecified atom stereocenters. The van der Waals surface area contributed by atoms with Gasteiger partial charge < -0.3 is 15.2 Å². The van der Waals surface area contributed by atoms with Crippen molar-refractivity contribution in [1.29, 1.82) is 0 Å². The molecule has 2 aromatic carbocycles. The van der Waals surface area contributed by atoms with E-state index in [0.29, 0.717) is 16.4 Å². The molecule has 0 aliphatic carbocycles.